The number of rotatable bonds is 4. The fourth-order valence-corrected chi connectivity index (χ4v) is 3.21. The van der Waals surface area contributed by atoms with Gasteiger partial charge in [-0.05, 0) is 54.6 Å². The summed E-state index contributed by atoms with van der Waals surface area (Å²) >= 11 is 6.01. The van der Waals surface area contributed by atoms with Crippen molar-refractivity contribution in [3.8, 4) is 5.75 Å². The van der Waals surface area contributed by atoms with Gasteiger partial charge in [0.1, 0.15) is 17.3 Å². The van der Waals surface area contributed by atoms with Gasteiger partial charge in [0.2, 0.25) is 0 Å². The second-order valence-corrected chi connectivity index (χ2v) is 6.75. The smallest absolute Gasteiger partial charge is 0.272 e. The molecule has 1 aliphatic heterocycles. The number of nitrogens with one attached hydrogen (secondary N) is 2. The van der Waals surface area contributed by atoms with E-state index >= 15 is 0 Å². The molecule has 5 nitrogen and oxygen atoms in total. The van der Waals surface area contributed by atoms with Crippen LogP contribution in [0.2, 0.25) is 5.02 Å². The Hall–Kier alpha value is -3.44. The molecule has 0 spiro atoms. The zero-order valence-corrected chi connectivity index (χ0v) is 16.0. The molecule has 2 aromatic carbocycles. The predicted molar refractivity (Wildman–Crippen MR) is 114 cm³/mol. The van der Waals surface area contributed by atoms with Crippen molar-refractivity contribution in [2.75, 3.05) is 17.3 Å². The first-order valence-electron chi connectivity index (χ1n) is 8.66. The first-order chi connectivity index (χ1) is 13.5. The summed E-state index contributed by atoms with van der Waals surface area (Å²) in [7, 11) is 1.59. The highest BCUT2D eigenvalue weighted by Gasteiger charge is 2.23. The highest BCUT2D eigenvalue weighted by atomic mass is 35.5. The van der Waals surface area contributed by atoms with E-state index in [1.54, 1.807) is 13.2 Å². The van der Waals surface area contributed by atoms with Gasteiger partial charge in [-0.1, -0.05) is 24.2 Å². The molecule has 6 heteroatoms. The average Bonchev–Trinajstić information content (AvgIpc) is 3.13. The van der Waals surface area contributed by atoms with Crippen molar-refractivity contribution in [1.82, 2.24) is 4.98 Å². The molecular formula is C22H18ClN3O2. The highest BCUT2D eigenvalue weighted by Crippen LogP contribution is 2.37. The average molecular weight is 392 g/mol. The van der Waals surface area contributed by atoms with Crippen molar-refractivity contribution in [2.24, 2.45) is 0 Å². The van der Waals surface area contributed by atoms with Crippen LogP contribution in [0.4, 0.5) is 17.2 Å². The summed E-state index contributed by atoms with van der Waals surface area (Å²) in [6.45, 7) is 4.11. The molecule has 1 amide bonds. The van der Waals surface area contributed by atoms with Crippen LogP contribution in [0, 0.1) is 0 Å². The standard InChI is InChI=1S/C22H18ClN3O2/c1-14-6-7-15-12-20(22(27)24-17-4-3-5-19(13-17)28-2)25-21(15)26(14)18-10-8-16(23)9-11-18/h3-13,25H,1H2,2H3,(H,24,27). The molecule has 28 heavy (non-hydrogen) atoms. The fraction of sp³-hybridized carbons (Fsp3) is 0.0455. The van der Waals surface area contributed by atoms with Crippen LogP contribution in [0.5, 0.6) is 5.75 Å². The summed E-state index contributed by atoms with van der Waals surface area (Å²) in [5.74, 6) is 1.22. The summed E-state index contributed by atoms with van der Waals surface area (Å²) in [5, 5.41) is 3.54. The third-order valence-electron chi connectivity index (χ3n) is 4.45. The number of methoxy groups -OCH3 is 1. The van der Waals surface area contributed by atoms with Gasteiger partial charge < -0.3 is 15.0 Å². The van der Waals surface area contributed by atoms with E-state index in [-0.39, 0.29) is 5.91 Å². The van der Waals surface area contributed by atoms with E-state index in [0.717, 1.165) is 22.8 Å². The molecule has 0 fully saturated rings. The van der Waals surface area contributed by atoms with Crippen LogP contribution >= 0.6 is 11.6 Å². The van der Waals surface area contributed by atoms with Crippen LogP contribution in [0.1, 0.15) is 16.1 Å². The number of aromatic nitrogens is 1. The minimum absolute atomic E-state index is 0.238. The Balaban J connectivity index is 1.64. The normalized spacial score (nSPS) is 12.6. The highest BCUT2D eigenvalue weighted by molar-refractivity contribution is 6.30. The maximum Gasteiger partial charge on any atom is 0.272 e. The summed E-state index contributed by atoms with van der Waals surface area (Å²) in [6, 6.07) is 16.5. The van der Waals surface area contributed by atoms with E-state index in [4.69, 9.17) is 16.3 Å². The van der Waals surface area contributed by atoms with Gasteiger partial charge in [0, 0.05) is 33.7 Å². The maximum absolute atomic E-state index is 12.7. The number of nitrogens with zero attached hydrogens (tertiary/aromatic N) is 1. The number of H-pyrrole nitrogens is 1. The number of aromatic amines is 1. The number of ether oxygens (including phenoxy) is 1. The number of halogens is 1. The van der Waals surface area contributed by atoms with Crippen LogP contribution in [0.3, 0.4) is 0 Å². The number of allylic oxidation sites excluding steroid dienone is 1. The summed E-state index contributed by atoms with van der Waals surface area (Å²) in [6.07, 6.45) is 3.84. The topological polar surface area (TPSA) is 57.4 Å². The van der Waals surface area contributed by atoms with Crippen LogP contribution in [0.25, 0.3) is 6.08 Å². The van der Waals surface area contributed by atoms with E-state index in [1.807, 2.05) is 65.6 Å². The van der Waals surface area contributed by atoms with Crippen molar-refractivity contribution in [1.29, 1.82) is 0 Å². The summed E-state index contributed by atoms with van der Waals surface area (Å²) in [4.78, 5) is 17.9. The van der Waals surface area contributed by atoms with Crippen molar-refractivity contribution >= 4 is 40.8 Å². The Kier molecular flexibility index (Phi) is 4.67. The van der Waals surface area contributed by atoms with Crippen molar-refractivity contribution < 1.29 is 9.53 Å². The largest absolute Gasteiger partial charge is 0.497 e. The van der Waals surface area contributed by atoms with E-state index in [1.165, 1.54) is 0 Å². The molecule has 3 aromatic rings. The van der Waals surface area contributed by atoms with E-state index in [9.17, 15) is 4.79 Å². The molecule has 0 radical (unpaired) electrons. The molecule has 1 aliphatic rings. The van der Waals surface area contributed by atoms with Crippen LogP contribution < -0.4 is 15.0 Å². The van der Waals surface area contributed by atoms with E-state index in [0.29, 0.717) is 22.2 Å². The van der Waals surface area contributed by atoms with Gasteiger partial charge in [0.25, 0.3) is 5.91 Å². The first-order valence-corrected chi connectivity index (χ1v) is 9.04. The molecule has 2 heterocycles. The van der Waals surface area contributed by atoms with Crippen molar-refractivity contribution in [2.45, 2.75) is 0 Å². The van der Waals surface area contributed by atoms with Gasteiger partial charge in [0.05, 0.1) is 7.11 Å². The number of fused-ring (bicyclic) bond motifs is 1. The minimum Gasteiger partial charge on any atom is -0.497 e. The molecule has 0 unspecified atom stereocenters. The zero-order valence-electron chi connectivity index (χ0n) is 15.2. The Morgan fingerprint density at radius 2 is 1.93 bits per heavy atom. The number of carbonyl (C=O) groups excluding carboxylic acids is 1. The monoisotopic (exact) mass is 391 g/mol. The Morgan fingerprint density at radius 1 is 1.14 bits per heavy atom. The lowest BCUT2D eigenvalue weighted by atomic mass is 10.1. The number of hydrogen-bond donors (Lipinski definition) is 2. The van der Waals surface area contributed by atoms with Gasteiger partial charge in [-0.25, -0.2) is 0 Å². The third kappa shape index (κ3) is 3.40. The molecular weight excluding hydrogens is 374 g/mol. The van der Waals surface area contributed by atoms with Gasteiger partial charge in [-0.3, -0.25) is 9.69 Å². The lowest BCUT2D eigenvalue weighted by Gasteiger charge is -2.27. The van der Waals surface area contributed by atoms with Gasteiger partial charge in [-0.2, -0.15) is 0 Å². The molecule has 1 aromatic heterocycles. The van der Waals surface area contributed by atoms with Crippen LogP contribution in [-0.4, -0.2) is 18.0 Å². The fourth-order valence-electron chi connectivity index (χ4n) is 3.08. The molecule has 0 atom stereocenters. The first kappa shape index (κ1) is 17.9. The zero-order chi connectivity index (χ0) is 19.7. The molecule has 0 saturated heterocycles. The maximum atomic E-state index is 12.7. The predicted octanol–water partition coefficient (Wildman–Crippen LogP) is 5.61. The van der Waals surface area contributed by atoms with Gasteiger partial charge >= 0.3 is 0 Å². The quantitative estimate of drug-likeness (QED) is 0.608. The SMILES string of the molecule is C=C1C=Cc2cc(C(=O)Nc3cccc(OC)c3)[nH]c2N1c1ccc(Cl)cc1. The molecule has 0 saturated carbocycles. The third-order valence-corrected chi connectivity index (χ3v) is 4.70. The Morgan fingerprint density at radius 3 is 2.68 bits per heavy atom. The molecule has 4 rings (SSSR count). The number of benzene rings is 2. The van der Waals surface area contributed by atoms with E-state index in [2.05, 4.69) is 16.9 Å². The lowest BCUT2D eigenvalue weighted by molar-refractivity contribution is 0.102. The minimum atomic E-state index is -0.238. The number of carbonyl (C=O) groups is 1. The van der Waals surface area contributed by atoms with Gasteiger partial charge in [0.15, 0.2) is 0 Å². The molecule has 140 valence electrons. The Labute approximate surface area is 167 Å². The molecule has 2 N–H and O–H groups in total. The lowest BCUT2D eigenvalue weighted by Crippen LogP contribution is -2.18. The summed E-state index contributed by atoms with van der Waals surface area (Å²) < 4.78 is 5.20. The Bertz CT molecular complexity index is 1080. The molecule has 0 bridgehead atoms. The van der Waals surface area contributed by atoms with Crippen molar-refractivity contribution in [3.63, 3.8) is 0 Å². The van der Waals surface area contributed by atoms with Gasteiger partial charge in [-0.15, -0.1) is 0 Å². The molecule has 0 aliphatic carbocycles. The van der Waals surface area contributed by atoms with Crippen LogP contribution in [-0.2, 0) is 0 Å². The number of hydrogen-bond acceptors (Lipinski definition) is 3. The summed E-state index contributed by atoms with van der Waals surface area (Å²) in [5.41, 5.74) is 3.70. The van der Waals surface area contributed by atoms with Crippen LogP contribution in [0.15, 0.2) is 72.9 Å². The van der Waals surface area contributed by atoms with Crippen molar-refractivity contribution in [3.05, 3.63) is 89.2 Å². The second kappa shape index (κ2) is 7.29. The van der Waals surface area contributed by atoms with E-state index < -0.39 is 0 Å². The second-order valence-electron chi connectivity index (χ2n) is 6.31. The number of amides is 1. The number of anilines is 3.